The summed E-state index contributed by atoms with van der Waals surface area (Å²) < 4.78 is 5.25. The highest BCUT2D eigenvalue weighted by Gasteiger charge is 2.40. The monoisotopic (exact) mass is 418 g/mol. The van der Waals surface area contributed by atoms with Gasteiger partial charge in [0.2, 0.25) is 5.91 Å². The van der Waals surface area contributed by atoms with Crippen LogP contribution in [0.4, 0.5) is 11.6 Å². The van der Waals surface area contributed by atoms with E-state index in [0.29, 0.717) is 18.2 Å². The van der Waals surface area contributed by atoms with Gasteiger partial charge in [-0.25, -0.2) is 9.97 Å². The Morgan fingerprint density at radius 3 is 2.58 bits per heavy atom. The number of benzene rings is 1. The van der Waals surface area contributed by atoms with Crippen molar-refractivity contribution in [1.82, 2.24) is 24.8 Å². The fourth-order valence-corrected chi connectivity index (χ4v) is 3.90. The highest BCUT2D eigenvalue weighted by molar-refractivity contribution is 5.88. The fraction of sp³-hybridized carbons (Fsp3) is 0.348. The molecule has 4 rings (SSSR count). The van der Waals surface area contributed by atoms with Gasteiger partial charge in [0.05, 0.1) is 42.9 Å². The fourth-order valence-electron chi connectivity index (χ4n) is 3.90. The third-order valence-corrected chi connectivity index (χ3v) is 5.67. The van der Waals surface area contributed by atoms with Gasteiger partial charge in [0.25, 0.3) is 0 Å². The lowest BCUT2D eigenvalue weighted by Gasteiger charge is -2.33. The largest absolute Gasteiger partial charge is 0.497 e. The molecule has 8 heteroatoms. The standard InChI is InChI=1S/C23H26N6O2/c1-23(2,16-6-8-17(31-3)9-7-16)22(30)29-12-4-5-19(29)18-13-25-15-21(27-18)28-20-14-24-10-11-26-20/h6-11,13-15,19H,4-5,12H2,1-3H3,(H,26,27,28)/t19-/m0/s1. The molecule has 1 aliphatic heterocycles. The molecule has 0 spiro atoms. The van der Waals surface area contributed by atoms with E-state index >= 15 is 0 Å². The van der Waals surface area contributed by atoms with Gasteiger partial charge < -0.3 is 15.0 Å². The second kappa shape index (κ2) is 8.67. The highest BCUT2D eigenvalue weighted by Crippen LogP contribution is 2.36. The number of likely N-dealkylation sites (tertiary alicyclic amines) is 1. The first-order valence-electron chi connectivity index (χ1n) is 10.3. The molecule has 1 aliphatic rings. The number of hydrogen-bond acceptors (Lipinski definition) is 7. The molecule has 1 fully saturated rings. The molecule has 0 aliphatic carbocycles. The van der Waals surface area contributed by atoms with Crippen molar-refractivity contribution >= 4 is 17.5 Å². The molecule has 3 heterocycles. The molecule has 1 aromatic carbocycles. The van der Waals surface area contributed by atoms with E-state index in [1.165, 1.54) is 0 Å². The Kier molecular flexibility index (Phi) is 5.79. The Labute approximate surface area is 181 Å². The summed E-state index contributed by atoms with van der Waals surface area (Å²) in [7, 11) is 1.63. The van der Waals surface area contributed by atoms with Crippen LogP contribution in [0.5, 0.6) is 5.75 Å². The van der Waals surface area contributed by atoms with Gasteiger partial charge in [-0.1, -0.05) is 12.1 Å². The zero-order valence-corrected chi connectivity index (χ0v) is 17.9. The first-order chi connectivity index (χ1) is 15.0. The lowest BCUT2D eigenvalue weighted by molar-refractivity contribution is -0.137. The second-order valence-electron chi connectivity index (χ2n) is 8.05. The van der Waals surface area contributed by atoms with Crippen LogP contribution >= 0.6 is 0 Å². The second-order valence-corrected chi connectivity index (χ2v) is 8.05. The summed E-state index contributed by atoms with van der Waals surface area (Å²) in [6.07, 6.45) is 10.0. The SMILES string of the molecule is COc1ccc(C(C)(C)C(=O)N2CCC[C@H]2c2cncc(Nc3cnccn3)n2)cc1. The zero-order valence-electron chi connectivity index (χ0n) is 17.9. The lowest BCUT2D eigenvalue weighted by Crippen LogP contribution is -2.43. The number of amides is 1. The van der Waals surface area contributed by atoms with E-state index in [1.54, 1.807) is 38.1 Å². The van der Waals surface area contributed by atoms with Crippen LogP contribution in [0.15, 0.2) is 55.2 Å². The van der Waals surface area contributed by atoms with Crippen molar-refractivity contribution in [3.05, 3.63) is 66.5 Å². The summed E-state index contributed by atoms with van der Waals surface area (Å²) in [5, 5.41) is 3.12. The molecule has 0 radical (unpaired) electrons. The zero-order chi connectivity index (χ0) is 21.8. The van der Waals surface area contributed by atoms with Crippen LogP contribution in [0, 0.1) is 0 Å². The number of rotatable bonds is 6. The van der Waals surface area contributed by atoms with Crippen molar-refractivity contribution < 1.29 is 9.53 Å². The maximum Gasteiger partial charge on any atom is 0.233 e. The smallest absolute Gasteiger partial charge is 0.233 e. The van der Waals surface area contributed by atoms with E-state index in [0.717, 1.165) is 29.8 Å². The highest BCUT2D eigenvalue weighted by atomic mass is 16.5. The molecule has 3 aromatic rings. The molecule has 2 aromatic heterocycles. The third-order valence-electron chi connectivity index (χ3n) is 5.67. The summed E-state index contributed by atoms with van der Waals surface area (Å²) in [6, 6.07) is 7.57. The molecule has 0 unspecified atom stereocenters. The van der Waals surface area contributed by atoms with Crippen LogP contribution in [-0.4, -0.2) is 44.4 Å². The van der Waals surface area contributed by atoms with Gasteiger partial charge in [-0.3, -0.25) is 14.8 Å². The van der Waals surface area contributed by atoms with Gasteiger partial charge in [-0.15, -0.1) is 0 Å². The van der Waals surface area contributed by atoms with Crippen LogP contribution in [-0.2, 0) is 10.2 Å². The first kappa shape index (κ1) is 20.7. The molecule has 1 atom stereocenters. The Morgan fingerprint density at radius 2 is 1.87 bits per heavy atom. The Hall–Kier alpha value is -3.55. The quantitative estimate of drug-likeness (QED) is 0.653. The molecule has 8 nitrogen and oxygen atoms in total. The van der Waals surface area contributed by atoms with Crippen LogP contribution in [0.2, 0.25) is 0 Å². The van der Waals surface area contributed by atoms with Gasteiger partial charge in [-0.05, 0) is 44.4 Å². The maximum absolute atomic E-state index is 13.6. The summed E-state index contributed by atoms with van der Waals surface area (Å²) in [5.41, 5.74) is 1.05. The number of carbonyl (C=O) groups is 1. The summed E-state index contributed by atoms with van der Waals surface area (Å²) >= 11 is 0. The van der Waals surface area contributed by atoms with Crippen molar-refractivity contribution in [1.29, 1.82) is 0 Å². The molecule has 1 saturated heterocycles. The van der Waals surface area contributed by atoms with Gasteiger partial charge in [0.1, 0.15) is 17.4 Å². The van der Waals surface area contributed by atoms with E-state index in [4.69, 9.17) is 9.72 Å². The number of anilines is 2. The maximum atomic E-state index is 13.6. The summed E-state index contributed by atoms with van der Waals surface area (Å²) in [6.45, 7) is 4.63. The van der Waals surface area contributed by atoms with Crippen LogP contribution in [0.25, 0.3) is 0 Å². The number of hydrogen-bond donors (Lipinski definition) is 1. The third kappa shape index (κ3) is 4.33. The van der Waals surface area contributed by atoms with Gasteiger partial charge in [0, 0.05) is 18.9 Å². The number of nitrogens with zero attached hydrogens (tertiary/aromatic N) is 5. The molecule has 160 valence electrons. The van der Waals surface area contributed by atoms with Crippen molar-refractivity contribution in [3.8, 4) is 5.75 Å². The molecular weight excluding hydrogens is 392 g/mol. The molecule has 1 amide bonds. The minimum atomic E-state index is -0.669. The van der Waals surface area contributed by atoms with Gasteiger partial charge in [0.15, 0.2) is 0 Å². The van der Waals surface area contributed by atoms with Gasteiger partial charge in [-0.2, -0.15) is 0 Å². The van der Waals surface area contributed by atoms with Crippen LogP contribution in [0.3, 0.4) is 0 Å². The van der Waals surface area contributed by atoms with E-state index in [1.807, 2.05) is 43.0 Å². The Morgan fingerprint density at radius 1 is 1.10 bits per heavy atom. The minimum Gasteiger partial charge on any atom is -0.497 e. The number of ether oxygens (including phenoxy) is 1. The number of nitrogens with one attached hydrogen (secondary N) is 1. The van der Waals surface area contributed by atoms with E-state index < -0.39 is 5.41 Å². The average molecular weight is 419 g/mol. The van der Waals surface area contributed by atoms with Crippen LogP contribution in [0.1, 0.15) is 44.0 Å². The Balaban J connectivity index is 1.55. The molecular formula is C23H26N6O2. The average Bonchev–Trinajstić information content (AvgIpc) is 3.29. The molecule has 1 N–H and O–H groups in total. The predicted molar refractivity (Wildman–Crippen MR) is 117 cm³/mol. The topological polar surface area (TPSA) is 93.1 Å². The molecule has 0 saturated carbocycles. The van der Waals surface area contributed by atoms with E-state index in [9.17, 15) is 4.79 Å². The Bertz CT molecular complexity index is 1040. The van der Waals surface area contributed by atoms with E-state index in [-0.39, 0.29) is 11.9 Å². The predicted octanol–water partition coefficient (Wildman–Crippen LogP) is 3.66. The van der Waals surface area contributed by atoms with Crippen molar-refractivity contribution in [3.63, 3.8) is 0 Å². The summed E-state index contributed by atoms with van der Waals surface area (Å²) in [5.74, 6) is 2.02. The first-order valence-corrected chi connectivity index (χ1v) is 10.3. The van der Waals surface area contributed by atoms with Crippen molar-refractivity contribution in [2.45, 2.75) is 38.1 Å². The number of carbonyl (C=O) groups excluding carboxylic acids is 1. The van der Waals surface area contributed by atoms with Crippen LogP contribution < -0.4 is 10.1 Å². The van der Waals surface area contributed by atoms with E-state index in [2.05, 4.69) is 20.3 Å². The number of aromatic nitrogens is 4. The van der Waals surface area contributed by atoms with Crippen molar-refractivity contribution in [2.24, 2.45) is 0 Å². The van der Waals surface area contributed by atoms with Gasteiger partial charge >= 0.3 is 0 Å². The minimum absolute atomic E-state index is 0.0780. The normalized spacial score (nSPS) is 16.2. The van der Waals surface area contributed by atoms with Crippen molar-refractivity contribution in [2.75, 3.05) is 19.0 Å². The summed E-state index contributed by atoms with van der Waals surface area (Å²) in [4.78, 5) is 32.8. The number of methoxy groups -OCH3 is 1. The lowest BCUT2D eigenvalue weighted by atomic mass is 9.83. The molecule has 31 heavy (non-hydrogen) atoms. The molecule has 0 bridgehead atoms.